The minimum atomic E-state index is -3.66. The molecule has 0 spiro atoms. The van der Waals surface area contributed by atoms with Gasteiger partial charge >= 0.3 is 0 Å². The van der Waals surface area contributed by atoms with Crippen LogP contribution in [-0.4, -0.2) is 89.9 Å². The number of rotatable bonds is 8. The molecule has 1 N–H and O–H groups in total. The van der Waals surface area contributed by atoms with E-state index in [1.54, 1.807) is 54.6 Å². The lowest BCUT2D eigenvalue weighted by atomic mass is 10.2. The maximum absolute atomic E-state index is 12.6. The molecular formula is C32H33ClO14S4. The summed E-state index contributed by atoms with van der Waals surface area (Å²) in [4.78, 5) is 0.659. The summed E-state index contributed by atoms with van der Waals surface area (Å²) in [6.45, 7) is -0.0818. The van der Waals surface area contributed by atoms with Gasteiger partial charge in [0.05, 0.1) is 38.7 Å². The van der Waals surface area contributed by atoms with Crippen LogP contribution in [0.2, 0.25) is 0 Å². The normalized spacial score (nSPS) is 16.8. The number of hydrogen-bond donors (Lipinski definition) is 1. The van der Waals surface area contributed by atoms with Crippen molar-refractivity contribution in [3.05, 3.63) is 97.1 Å². The Morgan fingerprint density at radius 3 is 1.39 bits per heavy atom. The fraction of sp³-hybridized carbons (Fsp3) is 0.250. The number of halogens is 1. The number of hydrogen-bond acceptors (Lipinski definition) is 14. The predicted octanol–water partition coefficient (Wildman–Crippen LogP) is 3.47. The molecule has 0 radical (unpaired) electrons. The van der Waals surface area contributed by atoms with Gasteiger partial charge in [0.2, 0.25) is 28.7 Å². The smallest absolute Gasteiger partial charge is 0.264 e. The Morgan fingerprint density at radius 2 is 1.00 bits per heavy atom. The molecule has 51 heavy (non-hydrogen) atoms. The molecule has 2 heterocycles. The highest BCUT2D eigenvalue weighted by molar-refractivity contribution is 8.13. The van der Waals surface area contributed by atoms with Crippen LogP contribution >= 0.6 is 10.7 Å². The van der Waals surface area contributed by atoms with Gasteiger partial charge in [0, 0.05) is 22.8 Å². The predicted molar refractivity (Wildman–Crippen MR) is 185 cm³/mol. The van der Waals surface area contributed by atoms with Crippen LogP contribution < -0.4 is 18.9 Å². The molecule has 0 aromatic heterocycles. The fourth-order valence-electron chi connectivity index (χ4n) is 4.37. The van der Waals surface area contributed by atoms with E-state index in [1.165, 1.54) is 42.5 Å². The quantitative estimate of drug-likeness (QED) is 0.200. The van der Waals surface area contributed by atoms with Crippen molar-refractivity contribution in [2.24, 2.45) is 0 Å². The van der Waals surface area contributed by atoms with Gasteiger partial charge < -0.3 is 24.1 Å². The van der Waals surface area contributed by atoms with Crippen LogP contribution in [0, 0.1) is 0 Å². The minimum absolute atomic E-state index is 0.0529. The molecule has 4 aromatic carbocycles. The fourth-order valence-corrected chi connectivity index (χ4v) is 7.36. The molecular weight excluding hydrogens is 772 g/mol. The first-order valence-electron chi connectivity index (χ1n) is 14.7. The van der Waals surface area contributed by atoms with Gasteiger partial charge in [0.15, 0.2) is 35.2 Å². The van der Waals surface area contributed by atoms with Crippen molar-refractivity contribution in [3.8, 4) is 23.0 Å². The zero-order chi connectivity index (χ0) is 37.5. The van der Waals surface area contributed by atoms with Crippen LogP contribution in [-0.2, 0) is 43.0 Å². The Hall–Kier alpha value is -3.91. The van der Waals surface area contributed by atoms with Crippen LogP contribution in [0.15, 0.2) is 117 Å². The molecule has 6 rings (SSSR count). The van der Waals surface area contributed by atoms with E-state index in [2.05, 4.69) is 10.7 Å². The first-order chi connectivity index (χ1) is 23.9. The third-order valence-corrected chi connectivity index (χ3v) is 10.8. The molecule has 0 saturated carbocycles. The second-order valence-corrected chi connectivity index (χ2v) is 19.4. The average molecular weight is 805 g/mol. The number of aliphatic hydroxyl groups is 1. The van der Waals surface area contributed by atoms with Gasteiger partial charge in [-0.25, -0.2) is 25.3 Å². The van der Waals surface area contributed by atoms with Gasteiger partial charge in [-0.05, 0) is 48.5 Å². The van der Waals surface area contributed by atoms with Crippen molar-refractivity contribution in [3.63, 3.8) is 0 Å². The summed E-state index contributed by atoms with van der Waals surface area (Å²) < 4.78 is 118. The van der Waals surface area contributed by atoms with E-state index in [9.17, 15) is 33.7 Å². The third-order valence-electron chi connectivity index (χ3n) is 6.67. The Kier molecular flexibility index (Phi) is 13.0. The summed E-state index contributed by atoms with van der Waals surface area (Å²) >= 11 is 0. The van der Waals surface area contributed by atoms with Crippen LogP contribution in [0.4, 0.5) is 0 Å². The number of benzene rings is 4. The monoisotopic (exact) mass is 804 g/mol. The van der Waals surface area contributed by atoms with E-state index in [4.69, 9.17) is 28.2 Å². The number of ether oxygens (including phenoxy) is 4. The molecule has 2 atom stereocenters. The molecule has 0 aliphatic carbocycles. The molecule has 2 aliphatic rings. The molecule has 19 heteroatoms. The molecule has 276 valence electrons. The summed E-state index contributed by atoms with van der Waals surface area (Å²) in [5, 5.41) is 9.05. The second-order valence-electron chi connectivity index (χ2n) is 10.8. The highest BCUT2D eigenvalue weighted by Crippen LogP contribution is 2.36. The number of fused-ring (bicyclic) bond motifs is 2. The minimum Gasteiger partial charge on any atom is -0.486 e. The van der Waals surface area contributed by atoms with Gasteiger partial charge in [-0.3, -0.25) is 4.18 Å². The van der Waals surface area contributed by atoms with E-state index in [0.29, 0.717) is 17.2 Å². The molecule has 14 nitrogen and oxygen atoms in total. The summed E-state index contributed by atoms with van der Waals surface area (Å²) in [5.74, 6) is 1.43. The molecule has 0 bridgehead atoms. The Bertz CT molecular complexity index is 2240. The Labute approximate surface area is 300 Å². The molecule has 2 aliphatic heterocycles. The zero-order valence-corrected chi connectivity index (χ0v) is 31.0. The number of sulfone groups is 2. The van der Waals surface area contributed by atoms with Gasteiger partial charge in [0.1, 0.15) is 19.8 Å². The van der Waals surface area contributed by atoms with Crippen LogP contribution in [0.3, 0.4) is 0 Å². The highest BCUT2D eigenvalue weighted by atomic mass is 35.7. The molecule has 0 fully saturated rings. The maximum atomic E-state index is 12.6. The molecule has 0 amide bonds. The van der Waals surface area contributed by atoms with Crippen LogP contribution in [0.1, 0.15) is 0 Å². The van der Waals surface area contributed by atoms with Gasteiger partial charge in [-0.1, -0.05) is 36.4 Å². The summed E-state index contributed by atoms with van der Waals surface area (Å²) in [5.41, 5.74) is 0. The lowest BCUT2D eigenvalue weighted by Gasteiger charge is -2.26. The van der Waals surface area contributed by atoms with E-state index >= 15 is 0 Å². The SMILES string of the molecule is CS(=O)(=O)Cl.CS(=O)(=O)OC[C@@H]1COc2cc(S(=O)(=O)c3ccccc3)ccc2O1.O=S(=O)(c1ccccc1)c1ccc2c(c1)OC[C@@H](CO)O2. The van der Waals surface area contributed by atoms with Gasteiger partial charge in [0.25, 0.3) is 10.1 Å². The highest BCUT2D eigenvalue weighted by Gasteiger charge is 2.27. The lowest BCUT2D eigenvalue weighted by molar-refractivity contribution is 0.0454. The molecule has 0 saturated heterocycles. The topological polar surface area (TPSA) is 203 Å². The average Bonchev–Trinajstić information content (AvgIpc) is 3.10. The van der Waals surface area contributed by atoms with E-state index in [-0.39, 0.29) is 51.8 Å². The van der Waals surface area contributed by atoms with Gasteiger partial charge in [-0.2, -0.15) is 8.42 Å². The third kappa shape index (κ3) is 11.5. The summed E-state index contributed by atoms with van der Waals surface area (Å²) in [6, 6.07) is 25.1. The molecule has 0 unspecified atom stereocenters. The van der Waals surface area contributed by atoms with E-state index in [0.717, 1.165) is 12.5 Å². The van der Waals surface area contributed by atoms with Crippen molar-refractivity contribution < 1.29 is 61.9 Å². The van der Waals surface area contributed by atoms with Crippen molar-refractivity contribution in [1.82, 2.24) is 0 Å². The first kappa shape index (κ1) is 39.9. The lowest BCUT2D eigenvalue weighted by Crippen LogP contribution is -2.34. The van der Waals surface area contributed by atoms with Crippen molar-refractivity contribution in [2.75, 3.05) is 38.9 Å². The summed E-state index contributed by atoms with van der Waals surface area (Å²) in [7, 11) is -9.50. The summed E-state index contributed by atoms with van der Waals surface area (Å²) in [6.07, 6.45) is 0.854. The number of aliphatic hydroxyl groups excluding tert-OH is 1. The van der Waals surface area contributed by atoms with Gasteiger partial charge in [-0.15, -0.1) is 0 Å². The molecule has 4 aromatic rings. The van der Waals surface area contributed by atoms with Crippen LogP contribution in [0.25, 0.3) is 0 Å². The second kappa shape index (κ2) is 16.6. The van der Waals surface area contributed by atoms with Crippen molar-refractivity contribution in [1.29, 1.82) is 0 Å². The maximum Gasteiger partial charge on any atom is 0.264 e. The Balaban J connectivity index is 0.000000204. The zero-order valence-electron chi connectivity index (χ0n) is 27.0. The van der Waals surface area contributed by atoms with Crippen molar-refractivity contribution >= 4 is 49.5 Å². The largest absolute Gasteiger partial charge is 0.486 e. The standard InChI is InChI=1S/C16H16O7S2.C15H14O5S.CH3ClO2S/c1-24(17,18)22-11-12-10-21-16-9-14(7-8-15(16)23-12)25(19,20)13-5-3-2-4-6-13;16-9-11-10-19-15-8-13(6-7-14(15)20-11)21(17,18)12-4-2-1-3-5-12;1-5(2,3)4/h2-9,12H,10-11H2,1H3;1-8,11,16H,9-10H2;1H3/t12-;11-;/m01./s1. The van der Waals surface area contributed by atoms with Crippen molar-refractivity contribution in [2.45, 2.75) is 31.8 Å². The van der Waals surface area contributed by atoms with Crippen LogP contribution in [0.5, 0.6) is 23.0 Å². The van der Waals surface area contributed by atoms with E-state index < -0.39 is 51.1 Å². The Morgan fingerprint density at radius 1 is 0.608 bits per heavy atom. The van der Waals surface area contributed by atoms with E-state index in [1.807, 2.05) is 0 Å². The first-order valence-corrected chi connectivity index (χ1v) is 22.2.